The van der Waals surface area contributed by atoms with E-state index in [1.807, 2.05) is 27.7 Å². The molecule has 0 amide bonds. The van der Waals surface area contributed by atoms with Crippen molar-refractivity contribution in [3.8, 4) is 0 Å². The van der Waals surface area contributed by atoms with Crippen LogP contribution in [0.1, 0.15) is 52.7 Å². The van der Waals surface area contributed by atoms with Gasteiger partial charge in [0.1, 0.15) is 9.84 Å². The maximum Gasteiger partial charge on any atom is 0.144 e. The molecule has 0 fully saturated rings. The van der Waals surface area contributed by atoms with Crippen LogP contribution in [0, 0.1) is 0 Å². The zero-order valence-corrected chi connectivity index (χ0v) is 17.3. The van der Waals surface area contributed by atoms with E-state index in [9.17, 15) is 8.42 Å². The molecular formula is C21H34O2S. The lowest BCUT2D eigenvalue weighted by Gasteiger charge is -2.25. The number of hydrogen-bond acceptors (Lipinski definition) is 2. The van der Waals surface area contributed by atoms with Gasteiger partial charge in [0.25, 0.3) is 0 Å². The van der Waals surface area contributed by atoms with Crippen LogP contribution in [0.25, 0.3) is 0 Å². The van der Waals surface area contributed by atoms with E-state index in [2.05, 4.69) is 74.5 Å². The Hall–Kier alpha value is -1.61. The summed E-state index contributed by atoms with van der Waals surface area (Å²) in [5.74, 6) is 0. The van der Waals surface area contributed by atoms with Gasteiger partial charge in [-0.05, 0) is 11.1 Å². The predicted octanol–water partition coefficient (Wildman–Crippen LogP) is 5.73. The maximum atomic E-state index is 9.63. The number of rotatable bonds is 2. The lowest BCUT2D eigenvalue weighted by atomic mass is 9.78. The van der Waals surface area contributed by atoms with Crippen LogP contribution in [0.4, 0.5) is 0 Å². The second-order valence-corrected chi connectivity index (χ2v) is 7.79. The van der Waals surface area contributed by atoms with Gasteiger partial charge in [0.2, 0.25) is 0 Å². The van der Waals surface area contributed by atoms with Crippen LogP contribution in [0.5, 0.6) is 0 Å². The molecule has 0 N–H and O–H groups in total. The minimum atomic E-state index is -2.67. The average molecular weight is 351 g/mol. The van der Waals surface area contributed by atoms with Crippen molar-refractivity contribution >= 4 is 9.84 Å². The first-order chi connectivity index (χ1) is 11.2. The molecule has 2 nitrogen and oxygen atoms in total. The minimum absolute atomic E-state index is 0.0858. The molecular weight excluding hydrogens is 316 g/mol. The molecule has 24 heavy (non-hydrogen) atoms. The highest BCUT2D eigenvalue weighted by atomic mass is 32.2. The van der Waals surface area contributed by atoms with Gasteiger partial charge in [-0.3, -0.25) is 0 Å². The van der Waals surface area contributed by atoms with Crippen molar-refractivity contribution in [1.82, 2.24) is 0 Å². The number of hydrogen-bond donors (Lipinski definition) is 0. The molecule has 0 spiro atoms. The molecule has 0 aliphatic rings. The van der Waals surface area contributed by atoms with Crippen LogP contribution in [0.2, 0.25) is 0 Å². The first kappa shape index (κ1) is 24.6. The lowest BCUT2D eigenvalue weighted by molar-refractivity contribution is 0.607. The maximum absolute atomic E-state index is 9.63. The molecule has 136 valence electrons. The Labute approximate surface area is 149 Å². The molecule has 0 aliphatic heterocycles. The molecule has 2 aromatic carbocycles. The first-order valence-corrected chi connectivity index (χ1v) is 10.8. The van der Waals surface area contributed by atoms with Gasteiger partial charge in [-0.25, -0.2) is 8.42 Å². The smallest absolute Gasteiger partial charge is 0.144 e. The van der Waals surface area contributed by atoms with E-state index in [1.54, 1.807) is 0 Å². The van der Waals surface area contributed by atoms with E-state index < -0.39 is 9.84 Å². The van der Waals surface area contributed by atoms with E-state index in [0.717, 1.165) is 12.5 Å². The van der Waals surface area contributed by atoms with Crippen molar-refractivity contribution < 1.29 is 8.42 Å². The summed E-state index contributed by atoms with van der Waals surface area (Å²) in [5, 5.41) is 0. The molecule has 0 radical (unpaired) electrons. The largest absolute Gasteiger partial charge is 0.229 e. The van der Waals surface area contributed by atoms with Crippen molar-refractivity contribution in [3.63, 3.8) is 0 Å². The van der Waals surface area contributed by atoms with E-state index in [1.165, 1.54) is 11.1 Å². The quantitative estimate of drug-likeness (QED) is 0.693. The Bertz CT molecular complexity index is 566. The summed E-state index contributed by atoms with van der Waals surface area (Å²) in [6, 6.07) is 21.3. The van der Waals surface area contributed by atoms with Crippen LogP contribution in [-0.4, -0.2) is 20.9 Å². The van der Waals surface area contributed by atoms with E-state index in [-0.39, 0.29) is 5.41 Å². The Morgan fingerprint density at radius 3 is 1.04 bits per heavy atom. The summed E-state index contributed by atoms with van der Waals surface area (Å²) in [4.78, 5) is 0. The Kier molecular flexibility index (Phi) is 13.1. The van der Waals surface area contributed by atoms with E-state index >= 15 is 0 Å². The molecule has 0 aromatic heterocycles. The lowest BCUT2D eigenvalue weighted by Crippen LogP contribution is -2.18. The summed E-state index contributed by atoms with van der Waals surface area (Å²) < 4.78 is 19.3. The highest BCUT2D eigenvalue weighted by Gasteiger charge is 2.21. The van der Waals surface area contributed by atoms with E-state index in [4.69, 9.17) is 0 Å². The van der Waals surface area contributed by atoms with Crippen LogP contribution in [0.15, 0.2) is 60.7 Å². The summed E-state index contributed by atoms with van der Waals surface area (Å²) in [5.41, 5.74) is 2.80. The second-order valence-electron chi connectivity index (χ2n) is 5.50. The minimum Gasteiger partial charge on any atom is -0.229 e. The van der Waals surface area contributed by atoms with Gasteiger partial charge in [-0.1, -0.05) is 102 Å². The predicted molar refractivity (Wildman–Crippen MR) is 108 cm³/mol. The molecule has 0 aliphatic carbocycles. The summed E-state index contributed by atoms with van der Waals surface area (Å²) in [7, 11) is -2.67. The van der Waals surface area contributed by atoms with Gasteiger partial charge in [0, 0.05) is 17.9 Å². The van der Waals surface area contributed by atoms with Gasteiger partial charge >= 0.3 is 0 Å². The molecule has 0 unspecified atom stereocenters. The highest BCUT2D eigenvalue weighted by molar-refractivity contribution is 7.89. The van der Waals surface area contributed by atoms with Gasteiger partial charge < -0.3 is 0 Å². The van der Waals surface area contributed by atoms with Crippen LogP contribution in [0.3, 0.4) is 0 Å². The van der Waals surface area contributed by atoms with Crippen molar-refractivity contribution in [2.24, 2.45) is 0 Å². The zero-order valence-electron chi connectivity index (χ0n) is 16.5. The third-order valence-corrected chi connectivity index (χ3v) is 2.99. The highest BCUT2D eigenvalue weighted by Crippen LogP contribution is 2.30. The number of sulfone groups is 1. The molecule has 2 rings (SSSR count). The molecule has 0 atom stereocenters. The van der Waals surface area contributed by atoms with Gasteiger partial charge in [-0.15, -0.1) is 0 Å². The van der Waals surface area contributed by atoms with E-state index in [0.29, 0.717) is 0 Å². The SMILES string of the molecule is CC.CC.CC(C)(c1ccccc1)c1ccccc1.CS(C)(=O)=O. The fourth-order valence-corrected chi connectivity index (χ4v) is 1.88. The molecule has 2 aromatic rings. The van der Waals surface area contributed by atoms with Crippen LogP contribution in [-0.2, 0) is 15.3 Å². The van der Waals surface area contributed by atoms with Crippen LogP contribution >= 0.6 is 0 Å². The average Bonchev–Trinajstić information content (AvgIpc) is 2.59. The Morgan fingerprint density at radius 1 is 0.625 bits per heavy atom. The fourth-order valence-electron chi connectivity index (χ4n) is 1.88. The third kappa shape index (κ3) is 11.0. The van der Waals surface area contributed by atoms with Crippen molar-refractivity contribution in [3.05, 3.63) is 71.8 Å². The Balaban J connectivity index is 0. The molecule has 0 bridgehead atoms. The van der Waals surface area contributed by atoms with Crippen molar-refractivity contribution in [2.75, 3.05) is 12.5 Å². The van der Waals surface area contributed by atoms with Crippen LogP contribution < -0.4 is 0 Å². The first-order valence-electron chi connectivity index (χ1n) is 8.47. The molecule has 3 heteroatoms. The van der Waals surface area contributed by atoms with Gasteiger partial charge in [0.15, 0.2) is 0 Å². The normalized spacial score (nSPS) is 10.0. The monoisotopic (exact) mass is 350 g/mol. The second kappa shape index (κ2) is 12.8. The van der Waals surface area contributed by atoms with Gasteiger partial charge in [-0.2, -0.15) is 0 Å². The molecule has 0 saturated carbocycles. The molecule has 0 heterocycles. The third-order valence-electron chi connectivity index (χ3n) is 2.99. The summed E-state index contributed by atoms with van der Waals surface area (Å²) >= 11 is 0. The Morgan fingerprint density at radius 2 is 0.833 bits per heavy atom. The standard InChI is InChI=1S/C15H16.C2H6O2S.2C2H6/c1-15(2,13-9-5-3-6-10-13)14-11-7-4-8-12-14;1-5(2,3)4;2*1-2/h3-12H,1-2H3;1-2H3;2*1-2H3. The zero-order chi connectivity index (χ0) is 19.2. The molecule has 0 saturated heterocycles. The summed E-state index contributed by atoms with van der Waals surface area (Å²) in [6.07, 6.45) is 2.32. The topological polar surface area (TPSA) is 34.1 Å². The summed E-state index contributed by atoms with van der Waals surface area (Å²) in [6.45, 7) is 12.5. The van der Waals surface area contributed by atoms with Crippen molar-refractivity contribution in [2.45, 2.75) is 47.0 Å². The number of benzene rings is 2. The fraction of sp³-hybridized carbons (Fsp3) is 0.429. The van der Waals surface area contributed by atoms with Crippen molar-refractivity contribution in [1.29, 1.82) is 0 Å². The van der Waals surface area contributed by atoms with Gasteiger partial charge in [0.05, 0.1) is 0 Å².